The van der Waals surface area contributed by atoms with Crippen molar-refractivity contribution < 1.29 is 9.90 Å². The van der Waals surface area contributed by atoms with Crippen LogP contribution < -0.4 is 10.6 Å². The van der Waals surface area contributed by atoms with Crippen molar-refractivity contribution in [2.45, 2.75) is 25.9 Å². The zero-order valence-electron chi connectivity index (χ0n) is 13.0. The van der Waals surface area contributed by atoms with E-state index in [0.717, 1.165) is 24.0 Å². The van der Waals surface area contributed by atoms with Crippen LogP contribution in [-0.4, -0.2) is 34.1 Å². The molecule has 6 heteroatoms. The number of nitrogens with one attached hydrogen (secondary N) is 2. The number of hydrogen-bond donors (Lipinski definition) is 3. The molecular formula is C17H22N4O2. The summed E-state index contributed by atoms with van der Waals surface area (Å²) in [5, 5.41) is 19.2. The summed E-state index contributed by atoms with van der Waals surface area (Å²) in [7, 11) is 0. The Morgan fingerprint density at radius 2 is 2.00 bits per heavy atom. The van der Waals surface area contributed by atoms with Crippen LogP contribution in [0.15, 0.2) is 42.7 Å². The average molecular weight is 314 g/mol. The molecule has 1 aliphatic carbocycles. The van der Waals surface area contributed by atoms with E-state index in [0.29, 0.717) is 19.6 Å². The molecule has 2 amide bonds. The van der Waals surface area contributed by atoms with Gasteiger partial charge in [-0.2, -0.15) is 5.10 Å². The van der Waals surface area contributed by atoms with E-state index >= 15 is 0 Å². The third-order valence-electron chi connectivity index (χ3n) is 4.37. The number of hydrogen-bond acceptors (Lipinski definition) is 3. The van der Waals surface area contributed by atoms with Crippen LogP contribution in [0.4, 0.5) is 4.79 Å². The fourth-order valence-electron chi connectivity index (χ4n) is 2.53. The Labute approximate surface area is 135 Å². The zero-order valence-corrected chi connectivity index (χ0v) is 13.0. The van der Waals surface area contributed by atoms with Gasteiger partial charge < -0.3 is 15.7 Å². The number of urea groups is 1. The molecule has 1 fully saturated rings. The van der Waals surface area contributed by atoms with Crippen LogP contribution in [0.25, 0.3) is 0 Å². The van der Waals surface area contributed by atoms with Gasteiger partial charge in [0.1, 0.15) is 0 Å². The summed E-state index contributed by atoms with van der Waals surface area (Å²) in [6.07, 6.45) is 5.64. The van der Waals surface area contributed by atoms with Crippen LogP contribution >= 0.6 is 0 Å². The first-order valence-electron chi connectivity index (χ1n) is 7.88. The van der Waals surface area contributed by atoms with Gasteiger partial charge in [-0.25, -0.2) is 4.79 Å². The maximum Gasteiger partial charge on any atom is 0.315 e. The van der Waals surface area contributed by atoms with Crippen molar-refractivity contribution in [1.82, 2.24) is 20.4 Å². The van der Waals surface area contributed by atoms with E-state index in [1.807, 2.05) is 41.2 Å². The molecule has 0 saturated heterocycles. The highest BCUT2D eigenvalue weighted by atomic mass is 16.3. The topological polar surface area (TPSA) is 79.2 Å². The molecular weight excluding hydrogens is 292 g/mol. The molecule has 0 aliphatic heterocycles. The summed E-state index contributed by atoms with van der Waals surface area (Å²) in [6.45, 7) is 1.82. The minimum absolute atomic E-state index is 0.0741. The number of carbonyl (C=O) groups is 1. The van der Waals surface area contributed by atoms with Crippen molar-refractivity contribution in [3.8, 4) is 0 Å². The quantitative estimate of drug-likeness (QED) is 0.725. The van der Waals surface area contributed by atoms with E-state index in [4.69, 9.17) is 0 Å². The SMILES string of the molecule is O=C(NCc1ccccc1Cn1cccn1)NCC1(CO)CC1. The first-order valence-corrected chi connectivity index (χ1v) is 7.88. The summed E-state index contributed by atoms with van der Waals surface area (Å²) in [4.78, 5) is 11.9. The van der Waals surface area contributed by atoms with Gasteiger partial charge in [-0.1, -0.05) is 24.3 Å². The van der Waals surface area contributed by atoms with Gasteiger partial charge in [0.05, 0.1) is 13.2 Å². The summed E-state index contributed by atoms with van der Waals surface area (Å²) in [6, 6.07) is 9.70. The van der Waals surface area contributed by atoms with Gasteiger partial charge >= 0.3 is 6.03 Å². The summed E-state index contributed by atoms with van der Waals surface area (Å²) >= 11 is 0. The van der Waals surface area contributed by atoms with E-state index in [-0.39, 0.29) is 18.1 Å². The van der Waals surface area contributed by atoms with Crippen LogP contribution in [0.1, 0.15) is 24.0 Å². The van der Waals surface area contributed by atoms with Crippen molar-refractivity contribution in [3.05, 3.63) is 53.9 Å². The molecule has 1 aromatic carbocycles. The molecule has 2 aromatic rings. The Hall–Kier alpha value is -2.34. The number of carbonyl (C=O) groups excluding carboxylic acids is 1. The lowest BCUT2D eigenvalue weighted by atomic mass is 10.1. The second-order valence-corrected chi connectivity index (χ2v) is 6.17. The largest absolute Gasteiger partial charge is 0.396 e. The Morgan fingerprint density at radius 1 is 1.22 bits per heavy atom. The van der Waals surface area contributed by atoms with Crippen LogP contribution in [0, 0.1) is 5.41 Å². The lowest BCUT2D eigenvalue weighted by Gasteiger charge is -2.14. The first kappa shape index (κ1) is 15.6. The molecule has 3 rings (SSSR count). The summed E-state index contributed by atoms with van der Waals surface area (Å²) < 4.78 is 1.86. The van der Waals surface area contributed by atoms with Crippen LogP contribution in [-0.2, 0) is 13.1 Å². The maximum absolute atomic E-state index is 11.9. The second-order valence-electron chi connectivity index (χ2n) is 6.17. The Balaban J connectivity index is 1.52. The van der Waals surface area contributed by atoms with Crippen LogP contribution in [0.3, 0.4) is 0 Å². The predicted octanol–water partition coefficient (Wildman–Crippen LogP) is 1.50. The van der Waals surface area contributed by atoms with Gasteiger partial charge in [0.25, 0.3) is 0 Å². The smallest absolute Gasteiger partial charge is 0.315 e. The average Bonchev–Trinajstić information content (AvgIpc) is 3.19. The number of aromatic nitrogens is 2. The van der Waals surface area contributed by atoms with E-state index in [1.54, 1.807) is 6.20 Å². The summed E-state index contributed by atoms with van der Waals surface area (Å²) in [5.74, 6) is 0. The minimum Gasteiger partial charge on any atom is -0.396 e. The van der Waals surface area contributed by atoms with Gasteiger partial charge in [-0.15, -0.1) is 0 Å². The van der Waals surface area contributed by atoms with Crippen LogP contribution in [0.2, 0.25) is 0 Å². The molecule has 1 saturated carbocycles. The normalized spacial score (nSPS) is 15.2. The number of nitrogens with zero attached hydrogens (tertiary/aromatic N) is 2. The molecule has 0 bridgehead atoms. The minimum atomic E-state index is -0.196. The molecule has 1 aromatic heterocycles. The molecule has 1 aliphatic rings. The molecule has 6 nitrogen and oxygen atoms in total. The Bertz CT molecular complexity index is 650. The highest BCUT2D eigenvalue weighted by molar-refractivity contribution is 5.74. The van der Waals surface area contributed by atoms with Crippen molar-refractivity contribution in [2.75, 3.05) is 13.2 Å². The van der Waals surface area contributed by atoms with E-state index in [2.05, 4.69) is 15.7 Å². The molecule has 0 radical (unpaired) electrons. The zero-order chi connectivity index (χ0) is 16.1. The highest BCUT2D eigenvalue weighted by Crippen LogP contribution is 2.44. The number of benzene rings is 1. The van der Waals surface area contributed by atoms with Crippen molar-refractivity contribution >= 4 is 6.03 Å². The third-order valence-corrected chi connectivity index (χ3v) is 4.37. The lowest BCUT2D eigenvalue weighted by Crippen LogP contribution is -2.39. The van der Waals surface area contributed by atoms with Gasteiger partial charge in [0.15, 0.2) is 0 Å². The predicted molar refractivity (Wildman–Crippen MR) is 86.8 cm³/mol. The number of aliphatic hydroxyl groups is 1. The standard InChI is InChI=1S/C17H22N4O2/c22-13-17(6-7-17)12-19-16(23)18-10-14-4-1-2-5-15(14)11-21-9-3-8-20-21/h1-5,8-9,22H,6-7,10-13H2,(H2,18,19,23). The number of aliphatic hydroxyl groups excluding tert-OH is 1. The van der Waals surface area contributed by atoms with E-state index in [1.165, 1.54) is 0 Å². The van der Waals surface area contributed by atoms with E-state index in [9.17, 15) is 9.90 Å². The van der Waals surface area contributed by atoms with Crippen LogP contribution in [0.5, 0.6) is 0 Å². The fraction of sp³-hybridized carbons (Fsp3) is 0.412. The molecule has 1 heterocycles. The molecule has 3 N–H and O–H groups in total. The van der Waals surface area contributed by atoms with Gasteiger partial charge in [-0.3, -0.25) is 4.68 Å². The summed E-state index contributed by atoms with van der Waals surface area (Å²) in [5.41, 5.74) is 2.13. The highest BCUT2D eigenvalue weighted by Gasteiger charge is 2.42. The monoisotopic (exact) mass is 314 g/mol. The van der Waals surface area contributed by atoms with E-state index < -0.39 is 0 Å². The number of rotatable bonds is 7. The fourth-order valence-corrected chi connectivity index (χ4v) is 2.53. The van der Waals surface area contributed by atoms with Crippen molar-refractivity contribution in [1.29, 1.82) is 0 Å². The molecule has 0 spiro atoms. The lowest BCUT2D eigenvalue weighted by molar-refractivity contribution is 0.203. The van der Waals surface area contributed by atoms with Gasteiger partial charge in [0.2, 0.25) is 0 Å². The van der Waals surface area contributed by atoms with Crippen molar-refractivity contribution in [2.24, 2.45) is 5.41 Å². The second kappa shape index (κ2) is 6.83. The molecule has 0 unspecified atom stereocenters. The Morgan fingerprint density at radius 3 is 2.65 bits per heavy atom. The Kier molecular flexibility index (Phi) is 4.62. The van der Waals surface area contributed by atoms with Crippen molar-refractivity contribution in [3.63, 3.8) is 0 Å². The number of amides is 2. The molecule has 23 heavy (non-hydrogen) atoms. The molecule has 0 atom stereocenters. The van der Waals surface area contributed by atoms with Gasteiger partial charge in [0, 0.05) is 30.9 Å². The first-order chi connectivity index (χ1) is 11.2. The van der Waals surface area contributed by atoms with Gasteiger partial charge in [-0.05, 0) is 30.0 Å². The third kappa shape index (κ3) is 4.10. The molecule has 122 valence electrons. The maximum atomic E-state index is 11.9.